The van der Waals surface area contributed by atoms with Crippen LogP contribution in [-0.4, -0.2) is 24.8 Å². The van der Waals surface area contributed by atoms with Crippen molar-refractivity contribution < 1.29 is 14.3 Å². The van der Waals surface area contributed by atoms with E-state index in [1.807, 2.05) is 30.3 Å². The predicted molar refractivity (Wildman–Crippen MR) is 109 cm³/mol. The van der Waals surface area contributed by atoms with Crippen LogP contribution in [0.15, 0.2) is 48.7 Å². The molecule has 3 rings (SSSR count). The zero-order chi connectivity index (χ0) is 19.4. The summed E-state index contributed by atoms with van der Waals surface area (Å²) < 4.78 is 12.2. The highest BCUT2D eigenvalue weighted by molar-refractivity contribution is 6.35. The highest BCUT2D eigenvalue weighted by atomic mass is 35.5. The van der Waals surface area contributed by atoms with Crippen molar-refractivity contribution in [3.63, 3.8) is 0 Å². The summed E-state index contributed by atoms with van der Waals surface area (Å²) in [5, 5.41) is 2.28. The average Bonchev–Trinajstić information content (AvgIpc) is 3.00. The zero-order valence-corrected chi connectivity index (χ0v) is 16.6. The Bertz CT molecular complexity index is 1010. The Hall–Kier alpha value is -2.27. The lowest BCUT2D eigenvalue weighted by atomic mass is 10.1. The summed E-state index contributed by atoms with van der Waals surface area (Å²) in [5.41, 5.74) is 3.92. The molecule has 0 spiro atoms. The van der Waals surface area contributed by atoms with Gasteiger partial charge in [-0.2, -0.15) is 0 Å². The molecule has 0 N–H and O–H groups in total. The van der Waals surface area contributed by atoms with Gasteiger partial charge in [0.2, 0.25) is 0 Å². The Labute approximate surface area is 167 Å². The molecule has 0 amide bonds. The van der Waals surface area contributed by atoms with E-state index < -0.39 is 5.97 Å². The Kier molecular flexibility index (Phi) is 6.22. The van der Waals surface area contributed by atoms with Crippen LogP contribution in [0.4, 0.5) is 0 Å². The maximum Gasteiger partial charge on any atom is 0.330 e. The standard InChI is InChI=1S/C21H19Cl2NO3/c1-26-13-16-12-24(11-15-6-8-17(22)10-19(15)23)21-14(4-3-5-18(16)21)7-9-20(25)27-2/h3-10,12H,11,13H2,1-2H3. The summed E-state index contributed by atoms with van der Waals surface area (Å²) in [7, 11) is 3.02. The lowest BCUT2D eigenvalue weighted by molar-refractivity contribution is -0.134. The number of halogens is 2. The Morgan fingerprint density at radius 1 is 1.15 bits per heavy atom. The largest absolute Gasteiger partial charge is 0.466 e. The highest BCUT2D eigenvalue weighted by Gasteiger charge is 2.13. The van der Waals surface area contributed by atoms with Gasteiger partial charge in [0.25, 0.3) is 0 Å². The molecule has 0 saturated carbocycles. The van der Waals surface area contributed by atoms with Crippen LogP contribution in [0.2, 0.25) is 10.0 Å². The van der Waals surface area contributed by atoms with Crippen LogP contribution in [0.25, 0.3) is 17.0 Å². The molecular weight excluding hydrogens is 385 g/mol. The number of carbonyl (C=O) groups excluding carboxylic acids is 1. The van der Waals surface area contributed by atoms with E-state index in [4.69, 9.17) is 32.7 Å². The second-order valence-electron chi connectivity index (χ2n) is 6.05. The van der Waals surface area contributed by atoms with E-state index in [1.165, 1.54) is 13.2 Å². The zero-order valence-electron chi connectivity index (χ0n) is 15.0. The molecule has 4 nitrogen and oxygen atoms in total. The minimum Gasteiger partial charge on any atom is -0.466 e. The molecule has 0 fully saturated rings. The first-order valence-electron chi connectivity index (χ1n) is 8.33. The molecule has 3 aromatic rings. The third-order valence-corrected chi connectivity index (χ3v) is 4.85. The number of benzene rings is 2. The normalized spacial score (nSPS) is 11.4. The fourth-order valence-electron chi connectivity index (χ4n) is 3.05. The van der Waals surface area contributed by atoms with Crippen molar-refractivity contribution in [2.45, 2.75) is 13.2 Å². The van der Waals surface area contributed by atoms with Gasteiger partial charge in [0.15, 0.2) is 0 Å². The van der Waals surface area contributed by atoms with Crippen LogP contribution in [0.1, 0.15) is 16.7 Å². The fourth-order valence-corrected chi connectivity index (χ4v) is 3.52. The number of hydrogen-bond donors (Lipinski definition) is 0. The van der Waals surface area contributed by atoms with Crippen molar-refractivity contribution in [1.82, 2.24) is 4.57 Å². The van der Waals surface area contributed by atoms with Crippen LogP contribution >= 0.6 is 23.2 Å². The Morgan fingerprint density at radius 3 is 2.67 bits per heavy atom. The molecule has 0 bridgehead atoms. The number of carbonyl (C=O) groups is 1. The summed E-state index contributed by atoms with van der Waals surface area (Å²) in [4.78, 5) is 11.5. The molecule has 0 radical (unpaired) electrons. The van der Waals surface area contributed by atoms with Crippen LogP contribution < -0.4 is 0 Å². The minimum absolute atomic E-state index is 0.400. The molecule has 6 heteroatoms. The Balaban J connectivity index is 2.12. The summed E-state index contributed by atoms with van der Waals surface area (Å²) in [6.07, 6.45) is 5.22. The van der Waals surface area contributed by atoms with Gasteiger partial charge < -0.3 is 14.0 Å². The number of rotatable bonds is 6. The van der Waals surface area contributed by atoms with Gasteiger partial charge in [0, 0.05) is 46.9 Å². The topological polar surface area (TPSA) is 40.5 Å². The first kappa shape index (κ1) is 19.5. The first-order chi connectivity index (χ1) is 13.0. The number of esters is 1. The summed E-state index contributed by atoms with van der Waals surface area (Å²) >= 11 is 12.4. The average molecular weight is 404 g/mol. The van der Waals surface area contributed by atoms with E-state index in [-0.39, 0.29) is 0 Å². The van der Waals surface area contributed by atoms with Crippen molar-refractivity contribution in [2.24, 2.45) is 0 Å². The third kappa shape index (κ3) is 4.35. The number of ether oxygens (including phenoxy) is 2. The molecule has 27 heavy (non-hydrogen) atoms. The van der Waals surface area contributed by atoms with Crippen LogP contribution in [0, 0.1) is 0 Å². The second-order valence-corrected chi connectivity index (χ2v) is 6.89. The van der Waals surface area contributed by atoms with Crippen molar-refractivity contribution in [1.29, 1.82) is 0 Å². The second kappa shape index (κ2) is 8.61. The Morgan fingerprint density at radius 2 is 1.96 bits per heavy atom. The molecule has 1 heterocycles. The van der Waals surface area contributed by atoms with Gasteiger partial charge in [-0.05, 0) is 29.3 Å². The van der Waals surface area contributed by atoms with E-state index >= 15 is 0 Å². The van der Waals surface area contributed by atoms with Gasteiger partial charge in [-0.3, -0.25) is 0 Å². The number of hydrogen-bond acceptors (Lipinski definition) is 3. The number of nitrogens with zero attached hydrogens (tertiary/aromatic N) is 1. The lowest BCUT2D eigenvalue weighted by Crippen LogP contribution is -2.00. The van der Waals surface area contributed by atoms with Crippen molar-refractivity contribution >= 4 is 46.2 Å². The minimum atomic E-state index is -0.400. The van der Waals surface area contributed by atoms with Crippen LogP contribution in [-0.2, 0) is 27.4 Å². The van der Waals surface area contributed by atoms with E-state index in [0.717, 1.165) is 27.6 Å². The predicted octanol–water partition coefficient (Wildman–Crippen LogP) is 5.33. The highest BCUT2D eigenvalue weighted by Crippen LogP contribution is 2.29. The molecule has 140 valence electrons. The summed E-state index contributed by atoms with van der Waals surface area (Å²) in [6, 6.07) is 11.4. The van der Waals surface area contributed by atoms with Gasteiger partial charge in [-0.1, -0.05) is 47.5 Å². The molecule has 0 atom stereocenters. The number of aromatic nitrogens is 1. The molecule has 0 aliphatic rings. The molecule has 0 saturated heterocycles. The van der Waals surface area contributed by atoms with Gasteiger partial charge in [-0.15, -0.1) is 0 Å². The SMILES string of the molecule is COCc1cn(Cc2ccc(Cl)cc2Cl)c2c(C=CC(=O)OC)cccc12. The fraction of sp³-hybridized carbons (Fsp3) is 0.190. The van der Waals surface area contributed by atoms with E-state index in [2.05, 4.69) is 10.8 Å². The van der Waals surface area contributed by atoms with Crippen molar-refractivity contribution in [3.8, 4) is 0 Å². The van der Waals surface area contributed by atoms with E-state index in [0.29, 0.717) is 23.2 Å². The first-order valence-corrected chi connectivity index (χ1v) is 9.08. The number of fused-ring (bicyclic) bond motifs is 1. The van der Waals surface area contributed by atoms with Crippen molar-refractivity contribution in [2.75, 3.05) is 14.2 Å². The van der Waals surface area contributed by atoms with Gasteiger partial charge in [0.05, 0.1) is 19.2 Å². The van der Waals surface area contributed by atoms with Gasteiger partial charge in [0.1, 0.15) is 0 Å². The molecule has 2 aromatic carbocycles. The molecule has 0 unspecified atom stereocenters. The molecule has 0 aliphatic heterocycles. The van der Waals surface area contributed by atoms with E-state index in [1.54, 1.807) is 19.3 Å². The van der Waals surface area contributed by atoms with Gasteiger partial charge in [-0.25, -0.2) is 4.79 Å². The van der Waals surface area contributed by atoms with Gasteiger partial charge >= 0.3 is 5.97 Å². The van der Waals surface area contributed by atoms with E-state index in [9.17, 15) is 4.79 Å². The smallest absolute Gasteiger partial charge is 0.330 e. The van der Waals surface area contributed by atoms with Crippen molar-refractivity contribution in [3.05, 3.63) is 75.4 Å². The summed E-state index contributed by atoms with van der Waals surface area (Å²) in [6.45, 7) is 1.06. The number of methoxy groups -OCH3 is 2. The quantitative estimate of drug-likeness (QED) is 0.412. The molecule has 0 aliphatic carbocycles. The third-order valence-electron chi connectivity index (χ3n) is 4.27. The maximum absolute atomic E-state index is 11.5. The van der Waals surface area contributed by atoms with Crippen LogP contribution in [0.3, 0.4) is 0 Å². The molecular formula is C21H19Cl2NO3. The van der Waals surface area contributed by atoms with Crippen LogP contribution in [0.5, 0.6) is 0 Å². The lowest BCUT2D eigenvalue weighted by Gasteiger charge is -2.10. The molecule has 1 aromatic heterocycles. The maximum atomic E-state index is 11.5. The monoisotopic (exact) mass is 403 g/mol. The summed E-state index contributed by atoms with van der Waals surface area (Å²) in [5.74, 6) is -0.400. The number of para-hydroxylation sites is 1.